The van der Waals surface area contributed by atoms with Gasteiger partial charge in [-0.2, -0.15) is 5.10 Å². The predicted octanol–water partition coefficient (Wildman–Crippen LogP) is 2.74. The minimum Gasteiger partial charge on any atom is -0.507 e. The smallest absolute Gasteiger partial charge is 0.129 e. The Morgan fingerprint density at radius 1 is 1.37 bits per heavy atom. The number of aromatic hydroxyl groups is 1. The largest absolute Gasteiger partial charge is 0.507 e. The molecule has 0 unspecified atom stereocenters. The van der Waals surface area contributed by atoms with Crippen molar-refractivity contribution >= 4 is 15.9 Å². The van der Waals surface area contributed by atoms with Crippen LogP contribution in [0.2, 0.25) is 0 Å². The molecule has 0 radical (unpaired) electrons. The summed E-state index contributed by atoms with van der Waals surface area (Å²) in [5.41, 5.74) is 3.51. The van der Waals surface area contributed by atoms with Crippen LogP contribution in [0, 0.1) is 0 Å². The molecule has 0 saturated heterocycles. The van der Waals surface area contributed by atoms with Crippen molar-refractivity contribution in [3.63, 3.8) is 0 Å². The van der Waals surface area contributed by atoms with Crippen molar-refractivity contribution in [3.8, 4) is 5.75 Å². The number of phenols is 1. The van der Waals surface area contributed by atoms with Gasteiger partial charge in [0.25, 0.3) is 0 Å². The molecule has 19 heavy (non-hydrogen) atoms. The van der Waals surface area contributed by atoms with E-state index in [4.69, 9.17) is 0 Å². The van der Waals surface area contributed by atoms with Gasteiger partial charge in [0, 0.05) is 31.9 Å². The van der Waals surface area contributed by atoms with Crippen molar-refractivity contribution in [3.05, 3.63) is 45.7 Å². The van der Waals surface area contributed by atoms with Crippen LogP contribution in [0.5, 0.6) is 5.75 Å². The maximum Gasteiger partial charge on any atom is 0.129 e. The average Bonchev–Trinajstić information content (AvgIpc) is 2.74. The average molecular weight is 324 g/mol. The van der Waals surface area contributed by atoms with E-state index < -0.39 is 0 Å². The molecule has 0 saturated carbocycles. The summed E-state index contributed by atoms with van der Waals surface area (Å²) in [6, 6.07) is 5.53. The summed E-state index contributed by atoms with van der Waals surface area (Å²) in [5.74, 6) is 0.268. The molecule has 0 aliphatic rings. The Bertz CT molecular complexity index is 566. The Labute approximate surface area is 121 Å². The fourth-order valence-corrected chi connectivity index (χ4v) is 2.46. The Morgan fingerprint density at radius 2 is 2.16 bits per heavy atom. The molecule has 1 aromatic carbocycles. The van der Waals surface area contributed by atoms with Crippen LogP contribution >= 0.6 is 15.9 Å². The van der Waals surface area contributed by atoms with Gasteiger partial charge in [-0.15, -0.1) is 0 Å². The van der Waals surface area contributed by atoms with Gasteiger partial charge < -0.3 is 10.4 Å². The monoisotopic (exact) mass is 323 g/mol. The molecule has 2 rings (SSSR count). The van der Waals surface area contributed by atoms with E-state index in [0.717, 1.165) is 35.2 Å². The predicted molar refractivity (Wildman–Crippen MR) is 78.9 cm³/mol. The van der Waals surface area contributed by atoms with Gasteiger partial charge in [0.1, 0.15) is 5.75 Å². The van der Waals surface area contributed by atoms with Gasteiger partial charge in [-0.1, -0.05) is 13.0 Å². The fourth-order valence-electron chi connectivity index (χ4n) is 2.03. The minimum atomic E-state index is 0.268. The zero-order valence-electron chi connectivity index (χ0n) is 11.2. The Morgan fingerprint density at radius 3 is 2.84 bits per heavy atom. The topological polar surface area (TPSA) is 50.1 Å². The van der Waals surface area contributed by atoms with Gasteiger partial charge in [0.15, 0.2) is 0 Å². The molecule has 4 nitrogen and oxygen atoms in total. The standard InChI is InChI=1S/C14H18BrN3O/c1-3-13-11(9-18(2)17-13)8-16-7-10-4-5-14(19)12(15)6-10/h4-6,9,16,19H,3,7-8H2,1-2H3. The van der Waals surface area contributed by atoms with Gasteiger partial charge in [-0.25, -0.2) is 0 Å². The van der Waals surface area contributed by atoms with Crippen LogP contribution in [0.25, 0.3) is 0 Å². The number of nitrogens with one attached hydrogen (secondary N) is 1. The summed E-state index contributed by atoms with van der Waals surface area (Å²) in [5, 5.41) is 17.3. The molecule has 102 valence electrons. The van der Waals surface area contributed by atoms with E-state index in [1.807, 2.05) is 23.9 Å². The number of halogens is 1. The van der Waals surface area contributed by atoms with E-state index in [-0.39, 0.29) is 5.75 Å². The number of benzene rings is 1. The third kappa shape index (κ3) is 3.58. The number of hydrogen-bond acceptors (Lipinski definition) is 3. The minimum absolute atomic E-state index is 0.268. The highest BCUT2D eigenvalue weighted by atomic mass is 79.9. The summed E-state index contributed by atoms with van der Waals surface area (Å²) >= 11 is 3.32. The van der Waals surface area contributed by atoms with Gasteiger partial charge in [0.05, 0.1) is 10.2 Å². The van der Waals surface area contributed by atoms with Crippen LogP contribution in [-0.2, 0) is 26.6 Å². The summed E-state index contributed by atoms with van der Waals surface area (Å²) in [7, 11) is 1.94. The molecule has 5 heteroatoms. The highest BCUT2D eigenvalue weighted by Crippen LogP contribution is 2.24. The maximum atomic E-state index is 9.44. The third-order valence-electron chi connectivity index (χ3n) is 2.98. The van der Waals surface area contributed by atoms with Gasteiger partial charge in [-0.05, 0) is 40.0 Å². The summed E-state index contributed by atoms with van der Waals surface area (Å²) in [6.07, 6.45) is 3.00. The van der Waals surface area contributed by atoms with Crippen LogP contribution in [0.3, 0.4) is 0 Å². The molecule has 2 N–H and O–H groups in total. The molecule has 0 aliphatic carbocycles. The van der Waals surface area contributed by atoms with Crippen molar-refractivity contribution in [2.75, 3.05) is 0 Å². The zero-order chi connectivity index (χ0) is 13.8. The molecule has 0 bridgehead atoms. The normalized spacial score (nSPS) is 10.9. The van der Waals surface area contributed by atoms with E-state index in [1.165, 1.54) is 5.56 Å². The Balaban J connectivity index is 1.94. The first-order valence-corrected chi connectivity index (χ1v) is 7.09. The molecule has 0 fully saturated rings. The second kappa shape index (κ2) is 6.21. The lowest BCUT2D eigenvalue weighted by Crippen LogP contribution is -2.13. The second-order valence-electron chi connectivity index (χ2n) is 4.52. The van der Waals surface area contributed by atoms with Crippen LogP contribution in [-0.4, -0.2) is 14.9 Å². The highest BCUT2D eigenvalue weighted by molar-refractivity contribution is 9.10. The molecule has 1 heterocycles. The fraction of sp³-hybridized carbons (Fsp3) is 0.357. The van der Waals surface area contributed by atoms with Crippen LogP contribution in [0.15, 0.2) is 28.9 Å². The van der Waals surface area contributed by atoms with Gasteiger partial charge in [-0.3, -0.25) is 4.68 Å². The number of hydrogen-bond donors (Lipinski definition) is 2. The van der Waals surface area contributed by atoms with Gasteiger partial charge in [0.2, 0.25) is 0 Å². The SMILES string of the molecule is CCc1nn(C)cc1CNCc1ccc(O)c(Br)c1. The number of phenolic OH excluding ortho intramolecular Hbond substituents is 1. The third-order valence-corrected chi connectivity index (χ3v) is 3.62. The highest BCUT2D eigenvalue weighted by Gasteiger charge is 2.05. The number of rotatable bonds is 5. The Kier molecular flexibility index (Phi) is 4.61. The van der Waals surface area contributed by atoms with E-state index in [2.05, 4.69) is 39.5 Å². The maximum absolute atomic E-state index is 9.44. The van der Waals surface area contributed by atoms with E-state index in [9.17, 15) is 5.11 Å². The van der Waals surface area contributed by atoms with E-state index >= 15 is 0 Å². The van der Waals surface area contributed by atoms with Crippen molar-refractivity contribution in [2.45, 2.75) is 26.4 Å². The van der Waals surface area contributed by atoms with E-state index in [1.54, 1.807) is 6.07 Å². The zero-order valence-corrected chi connectivity index (χ0v) is 12.7. The molecular weight excluding hydrogens is 306 g/mol. The summed E-state index contributed by atoms with van der Waals surface area (Å²) in [6.45, 7) is 3.68. The summed E-state index contributed by atoms with van der Waals surface area (Å²) < 4.78 is 2.58. The number of nitrogens with zero attached hydrogens (tertiary/aromatic N) is 2. The molecular formula is C14H18BrN3O. The second-order valence-corrected chi connectivity index (χ2v) is 5.37. The van der Waals surface area contributed by atoms with Crippen molar-refractivity contribution in [1.29, 1.82) is 0 Å². The van der Waals surface area contributed by atoms with Crippen molar-refractivity contribution < 1.29 is 5.11 Å². The lowest BCUT2D eigenvalue weighted by Gasteiger charge is -2.06. The quantitative estimate of drug-likeness (QED) is 0.889. The first-order chi connectivity index (χ1) is 9.10. The molecule has 0 amide bonds. The molecule has 0 spiro atoms. The van der Waals surface area contributed by atoms with Crippen molar-refractivity contribution in [2.24, 2.45) is 7.05 Å². The first kappa shape index (κ1) is 14.1. The lowest BCUT2D eigenvalue weighted by atomic mass is 10.2. The summed E-state index contributed by atoms with van der Waals surface area (Å²) in [4.78, 5) is 0. The molecule has 2 aromatic rings. The van der Waals surface area contributed by atoms with Gasteiger partial charge >= 0.3 is 0 Å². The molecule has 0 atom stereocenters. The molecule has 0 aliphatic heterocycles. The van der Waals surface area contributed by atoms with Crippen LogP contribution < -0.4 is 5.32 Å². The van der Waals surface area contributed by atoms with Crippen molar-refractivity contribution in [1.82, 2.24) is 15.1 Å². The first-order valence-electron chi connectivity index (χ1n) is 6.29. The number of aromatic nitrogens is 2. The van der Waals surface area contributed by atoms with Crippen LogP contribution in [0.1, 0.15) is 23.7 Å². The number of aryl methyl sites for hydroxylation is 2. The van der Waals surface area contributed by atoms with Crippen LogP contribution in [0.4, 0.5) is 0 Å². The molecule has 1 aromatic heterocycles. The lowest BCUT2D eigenvalue weighted by molar-refractivity contribution is 0.471. The van der Waals surface area contributed by atoms with E-state index in [0.29, 0.717) is 0 Å². The Hall–Kier alpha value is -1.33.